The topological polar surface area (TPSA) is 70.0 Å². The molecule has 7 heteroatoms. The minimum absolute atomic E-state index is 0.00978. The molecule has 3 rings (SSSR count). The predicted octanol–water partition coefficient (Wildman–Crippen LogP) is 5.87. The van der Waals surface area contributed by atoms with Crippen LogP contribution in [0.3, 0.4) is 0 Å². The Morgan fingerprint density at radius 3 is 2.16 bits per heavy atom. The number of nitriles is 1. The van der Waals surface area contributed by atoms with Gasteiger partial charge in [0.1, 0.15) is 0 Å². The molecule has 0 bridgehead atoms. The normalized spacial score (nSPS) is 13.4. The Balaban J connectivity index is 1.84. The molecule has 3 aromatic carbocycles. The van der Waals surface area contributed by atoms with Crippen molar-refractivity contribution in [3.05, 3.63) is 105 Å². The van der Waals surface area contributed by atoms with Crippen molar-refractivity contribution in [3.8, 4) is 6.07 Å². The summed E-state index contributed by atoms with van der Waals surface area (Å²) in [5, 5.41) is 10.5. The molecule has 0 aromatic heterocycles. The fourth-order valence-electron chi connectivity index (χ4n) is 3.49. The summed E-state index contributed by atoms with van der Waals surface area (Å²) in [4.78, 5) is 0. The molecule has 31 heavy (non-hydrogen) atoms. The van der Waals surface area contributed by atoms with Gasteiger partial charge in [0.25, 0.3) is 0 Å². The summed E-state index contributed by atoms with van der Waals surface area (Å²) in [6, 6.07) is 23.7. The molecule has 0 aliphatic heterocycles. The maximum atomic E-state index is 12.7. The van der Waals surface area contributed by atoms with E-state index < -0.39 is 10.0 Å². The van der Waals surface area contributed by atoms with E-state index >= 15 is 0 Å². The molecule has 0 amide bonds. The van der Waals surface area contributed by atoms with Crippen LogP contribution in [0.1, 0.15) is 41.0 Å². The van der Waals surface area contributed by atoms with E-state index in [0.29, 0.717) is 21.2 Å². The zero-order chi connectivity index (χ0) is 22.4. The predicted molar refractivity (Wildman–Crippen MR) is 126 cm³/mol. The molecule has 0 fully saturated rings. The first-order valence-electron chi connectivity index (χ1n) is 9.75. The van der Waals surface area contributed by atoms with Gasteiger partial charge in [0, 0.05) is 22.5 Å². The van der Waals surface area contributed by atoms with Crippen molar-refractivity contribution in [2.45, 2.75) is 24.5 Å². The van der Waals surface area contributed by atoms with E-state index in [1.165, 1.54) is 0 Å². The lowest BCUT2D eigenvalue weighted by Crippen LogP contribution is -2.31. The van der Waals surface area contributed by atoms with Gasteiger partial charge in [-0.1, -0.05) is 66.5 Å². The lowest BCUT2D eigenvalue weighted by molar-refractivity contribution is 0.539. The Morgan fingerprint density at radius 1 is 0.935 bits per heavy atom. The first-order chi connectivity index (χ1) is 14.8. The maximum Gasteiger partial charge on any atom is 0.215 e. The minimum Gasteiger partial charge on any atom is -0.214 e. The summed E-state index contributed by atoms with van der Waals surface area (Å²) in [5.74, 6) is -0.316. The van der Waals surface area contributed by atoms with Crippen LogP contribution < -0.4 is 4.72 Å². The van der Waals surface area contributed by atoms with Crippen molar-refractivity contribution in [1.82, 2.24) is 4.72 Å². The third kappa shape index (κ3) is 6.56. The maximum absolute atomic E-state index is 12.7. The van der Waals surface area contributed by atoms with Gasteiger partial charge in [0.15, 0.2) is 0 Å². The van der Waals surface area contributed by atoms with Crippen LogP contribution in [0.15, 0.2) is 72.8 Å². The molecular weight excluding hydrogens is 451 g/mol. The Kier molecular flexibility index (Phi) is 7.74. The average molecular weight is 473 g/mol. The summed E-state index contributed by atoms with van der Waals surface area (Å²) >= 11 is 11.9. The fourth-order valence-corrected chi connectivity index (χ4v) is 4.91. The highest BCUT2D eigenvalue weighted by atomic mass is 35.5. The number of benzene rings is 3. The van der Waals surface area contributed by atoms with Crippen LogP contribution in [0.4, 0.5) is 0 Å². The molecule has 160 valence electrons. The average Bonchev–Trinajstić information content (AvgIpc) is 2.76. The van der Waals surface area contributed by atoms with Crippen LogP contribution in [-0.2, 0) is 15.8 Å². The van der Waals surface area contributed by atoms with Crippen LogP contribution in [0.5, 0.6) is 0 Å². The van der Waals surface area contributed by atoms with Crippen molar-refractivity contribution < 1.29 is 8.42 Å². The smallest absolute Gasteiger partial charge is 0.214 e. The number of sulfonamides is 1. The summed E-state index contributed by atoms with van der Waals surface area (Å²) in [5.41, 5.74) is 3.13. The van der Waals surface area contributed by atoms with Gasteiger partial charge in [-0.2, -0.15) is 5.26 Å². The van der Waals surface area contributed by atoms with Crippen LogP contribution >= 0.6 is 23.2 Å². The molecule has 0 spiro atoms. The van der Waals surface area contributed by atoms with E-state index in [-0.39, 0.29) is 24.1 Å². The van der Waals surface area contributed by atoms with E-state index in [4.69, 9.17) is 23.2 Å². The molecule has 2 atom stereocenters. The SMILES string of the molecule is CC(c1ccc(Cl)cc1)C(CNS(=O)(=O)Cc1ccc(Cl)cc1)c1cccc(C#N)c1. The molecule has 3 aromatic rings. The number of halogens is 2. The highest BCUT2D eigenvalue weighted by molar-refractivity contribution is 7.88. The summed E-state index contributed by atoms with van der Waals surface area (Å²) in [7, 11) is -3.57. The quantitative estimate of drug-likeness (QED) is 0.445. The highest BCUT2D eigenvalue weighted by Gasteiger charge is 2.24. The van der Waals surface area contributed by atoms with Crippen molar-refractivity contribution >= 4 is 33.2 Å². The highest BCUT2D eigenvalue weighted by Crippen LogP contribution is 2.33. The second kappa shape index (κ2) is 10.3. The minimum atomic E-state index is -3.57. The van der Waals surface area contributed by atoms with Crippen molar-refractivity contribution in [1.29, 1.82) is 5.26 Å². The number of nitrogens with zero attached hydrogens (tertiary/aromatic N) is 1. The number of nitrogens with one attached hydrogen (secondary N) is 1. The van der Waals surface area contributed by atoms with E-state index in [1.807, 2.05) is 49.4 Å². The zero-order valence-corrected chi connectivity index (χ0v) is 19.3. The Hall–Kier alpha value is -2.36. The molecule has 0 aliphatic carbocycles. The van der Waals surface area contributed by atoms with Crippen LogP contribution in [-0.4, -0.2) is 15.0 Å². The molecule has 1 N–H and O–H groups in total. The zero-order valence-electron chi connectivity index (χ0n) is 16.9. The van der Waals surface area contributed by atoms with Crippen LogP contribution in [0, 0.1) is 11.3 Å². The molecule has 0 saturated heterocycles. The molecule has 2 unspecified atom stereocenters. The van der Waals surface area contributed by atoms with Gasteiger partial charge in [-0.25, -0.2) is 13.1 Å². The number of rotatable bonds is 8. The van der Waals surface area contributed by atoms with Crippen molar-refractivity contribution in [3.63, 3.8) is 0 Å². The summed E-state index contributed by atoms with van der Waals surface area (Å²) in [6.45, 7) is 2.25. The second-order valence-electron chi connectivity index (χ2n) is 7.42. The third-order valence-electron chi connectivity index (χ3n) is 5.24. The van der Waals surface area contributed by atoms with Gasteiger partial charge in [0.2, 0.25) is 10.0 Å². The Labute approximate surface area is 193 Å². The van der Waals surface area contributed by atoms with Crippen molar-refractivity contribution in [2.24, 2.45) is 0 Å². The van der Waals surface area contributed by atoms with E-state index in [2.05, 4.69) is 10.8 Å². The molecule has 0 saturated carbocycles. The molecule has 0 radical (unpaired) electrons. The van der Waals surface area contributed by atoms with Crippen LogP contribution in [0.2, 0.25) is 10.0 Å². The third-order valence-corrected chi connectivity index (χ3v) is 7.06. The second-order valence-corrected chi connectivity index (χ2v) is 10.1. The lowest BCUT2D eigenvalue weighted by Gasteiger charge is -2.25. The lowest BCUT2D eigenvalue weighted by atomic mass is 9.82. The number of hydrogen-bond acceptors (Lipinski definition) is 3. The number of hydrogen-bond donors (Lipinski definition) is 1. The van der Waals surface area contributed by atoms with Crippen molar-refractivity contribution in [2.75, 3.05) is 6.54 Å². The van der Waals surface area contributed by atoms with E-state index in [9.17, 15) is 13.7 Å². The molecule has 0 aliphatic rings. The molecule has 4 nitrogen and oxygen atoms in total. The van der Waals surface area contributed by atoms with Crippen LogP contribution in [0.25, 0.3) is 0 Å². The summed E-state index contributed by atoms with van der Waals surface area (Å²) < 4.78 is 28.2. The largest absolute Gasteiger partial charge is 0.215 e. The van der Waals surface area contributed by atoms with Gasteiger partial charge in [0.05, 0.1) is 17.4 Å². The molecular formula is C24H22Cl2N2O2S. The van der Waals surface area contributed by atoms with E-state index in [0.717, 1.165) is 11.1 Å². The summed E-state index contributed by atoms with van der Waals surface area (Å²) in [6.07, 6.45) is 0. The standard InChI is InChI=1S/C24H22Cl2N2O2S/c1-17(20-7-11-23(26)12-8-20)24(21-4-2-3-19(13-21)14-27)15-28-31(29,30)16-18-5-9-22(25)10-6-18/h2-13,17,24,28H,15-16H2,1H3. The fraction of sp³-hybridized carbons (Fsp3) is 0.208. The van der Waals surface area contributed by atoms with Gasteiger partial charge in [-0.3, -0.25) is 0 Å². The van der Waals surface area contributed by atoms with Gasteiger partial charge in [-0.05, 0) is 59.0 Å². The Bertz CT molecular complexity index is 1170. The van der Waals surface area contributed by atoms with Gasteiger partial charge < -0.3 is 0 Å². The Morgan fingerprint density at radius 2 is 1.55 bits per heavy atom. The monoisotopic (exact) mass is 472 g/mol. The first kappa shape index (κ1) is 23.3. The van der Waals surface area contributed by atoms with Gasteiger partial charge >= 0.3 is 0 Å². The van der Waals surface area contributed by atoms with E-state index in [1.54, 1.807) is 30.3 Å². The van der Waals surface area contributed by atoms with Gasteiger partial charge in [-0.15, -0.1) is 0 Å². The first-order valence-corrected chi connectivity index (χ1v) is 12.2. The molecule has 0 heterocycles.